The van der Waals surface area contributed by atoms with Crippen molar-refractivity contribution >= 4 is 5.69 Å². The van der Waals surface area contributed by atoms with Crippen LogP contribution in [0, 0.1) is 18.2 Å². The van der Waals surface area contributed by atoms with Crippen molar-refractivity contribution in [1.82, 2.24) is 5.43 Å². The maximum Gasteiger partial charge on any atom is 0.123 e. The molecular formula is C9H10FN3. The average Bonchev–Trinajstić information content (AvgIpc) is 2.13. The third-order valence-electron chi connectivity index (χ3n) is 1.69. The molecule has 1 unspecified atom stereocenters. The SMILES string of the molecule is C#CC(NN)c1cc(F)ccc1N. The summed E-state index contributed by atoms with van der Waals surface area (Å²) in [5.74, 6) is 7.13. The van der Waals surface area contributed by atoms with E-state index in [0.717, 1.165) is 0 Å². The molecule has 0 aliphatic rings. The summed E-state index contributed by atoms with van der Waals surface area (Å²) >= 11 is 0. The number of nitrogens with two attached hydrogens (primary N) is 2. The number of hydrogen-bond acceptors (Lipinski definition) is 3. The highest BCUT2D eigenvalue weighted by molar-refractivity contribution is 5.50. The molecule has 0 radical (unpaired) electrons. The van der Waals surface area contributed by atoms with Gasteiger partial charge in [0.25, 0.3) is 0 Å². The molecule has 13 heavy (non-hydrogen) atoms. The Labute approximate surface area is 75.9 Å². The third kappa shape index (κ3) is 1.96. The fourth-order valence-corrected chi connectivity index (χ4v) is 1.02. The molecule has 5 N–H and O–H groups in total. The predicted molar refractivity (Wildman–Crippen MR) is 49.7 cm³/mol. The van der Waals surface area contributed by atoms with Crippen molar-refractivity contribution < 1.29 is 4.39 Å². The standard InChI is InChI=1S/C9H10FN3/c1-2-9(13-12)7-5-6(10)3-4-8(7)11/h1,3-5,9,13H,11-12H2. The molecule has 0 bridgehead atoms. The van der Waals surface area contributed by atoms with Crippen molar-refractivity contribution in [2.75, 3.05) is 5.73 Å². The molecule has 0 fully saturated rings. The Kier molecular flexibility index (Phi) is 2.85. The Morgan fingerprint density at radius 3 is 2.77 bits per heavy atom. The molecule has 1 aromatic rings. The van der Waals surface area contributed by atoms with Gasteiger partial charge in [-0.15, -0.1) is 6.42 Å². The number of anilines is 1. The largest absolute Gasteiger partial charge is 0.398 e. The zero-order valence-electron chi connectivity index (χ0n) is 6.92. The normalized spacial score (nSPS) is 12.1. The van der Waals surface area contributed by atoms with Crippen LogP contribution < -0.4 is 17.0 Å². The number of rotatable bonds is 2. The Balaban J connectivity index is 3.13. The predicted octanol–water partition coefficient (Wildman–Crippen LogP) is 0.546. The van der Waals surface area contributed by atoms with Crippen LogP contribution in [-0.4, -0.2) is 0 Å². The Hall–Kier alpha value is -1.57. The van der Waals surface area contributed by atoms with Gasteiger partial charge >= 0.3 is 0 Å². The van der Waals surface area contributed by atoms with Crippen molar-refractivity contribution in [1.29, 1.82) is 0 Å². The second-order valence-electron chi connectivity index (χ2n) is 2.54. The molecule has 0 heterocycles. The number of hydrazine groups is 1. The summed E-state index contributed by atoms with van der Waals surface area (Å²) in [4.78, 5) is 0. The lowest BCUT2D eigenvalue weighted by Crippen LogP contribution is -2.27. The molecule has 68 valence electrons. The topological polar surface area (TPSA) is 64.1 Å². The van der Waals surface area contributed by atoms with Gasteiger partial charge in [-0.1, -0.05) is 5.92 Å². The first-order valence-corrected chi connectivity index (χ1v) is 3.66. The molecule has 0 amide bonds. The molecule has 0 aliphatic heterocycles. The van der Waals surface area contributed by atoms with Gasteiger partial charge in [-0.2, -0.15) is 0 Å². The summed E-state index contributed by atoms with van der Waals surface area (Å²) in [5.41, 5.74) is 8.83. The second-order valence-corrected chi connectivity index (χ2v) is 2.54. The minimum atomic E-state index is -0.560. The molecule has 0 saturated carbocycles. The van der Waals surface area contributed by atoms with Gasteiger partial charge in [0.15, 0.2) is 0 Å². The van der Waals surface area contributed by atoms with E-state index in [1.165, 1.54) is 18.2 Å². The Morgan fingerprint density at radius 2 is 2.23 bits per heavy atom. The summed E-state index contributed by atoms with van der Waals surface area (Å²) in [5, 5.41) is 0. The number of terminal acetylenes is 1. The summed E-state index contributed by atoms with van der Waals surface area (Å²) < 4.78 is 12.8. The van der Waals surface area contributed by atoms with E-state index in [2.05, 4.69) is 11.3 Å². The van der Waals surface area contributed by atoms with Gasteiger partial charge in [0.1, 0.15) is 11.9 Å². The molecular weight excluding hydrogens is 169 g/mol. The average molecular weight is 179 g/mol. The lowest BCUT2D eigenvalue weighted by molar-refractivity contribution is 0.616. The van der Waals surface area contributed by atoms with Crippen LogP contribution in [0.15, 0.2) is 18.2 Å². The van der Waals surface area contributed by atoms with E-state index < -0.39 is 6.04 Å². The zero-order chi connectivity index (χ0) is 9.84. The first kappa shape index (κ1) is 9.52. The highest BCUT2D eigenvalue weighted by atomic mass is 19.1. The second kappa shape index (κ2) is 3.90. The zero-order valence-corrected chi connectivity index (χ0v) is 6.92. The van der Waals surface area contributed by atoms with Gasteiger partial charge in [0.2, 0.25) is 0 Å². The maximum atomic E-state index is 12.8. The molecule has 0 aliphatic carbocycles. The van der Waals surface area contributed by atoms with Crippen LogP contribution in [0.5, 0.6) is 0 Å². The number of halogens is 1. The van der Waals surface area contributed by atoms with Gasteiger partial charge < -0.3 is 5.73 Å². The lowest BCUT2D eigenvalue weighted by atomic mass is 10.1. The van der Waals surface area contributed by atoms with E-state index in [0.29, 0.717) is 11.3 Å². The lowest BCUT2D eigenvalue weighted by Gasteiger charge is -2.11. The number of nitrogen functional groups attached to an aromatic ring is 1. The fourth-order valence-electron chi connectivity index (χ4n) is 1.02. The molecule has 1 atom stereocenters. The molecule has 1 aromatic carbocycles. The van der Waals surface area contributed by atoms with Crippen LogP contribution >= 0.6 is 0 Å². The first-order valence-electron chi connectivity index (χ1n) is 3.66. The van der Waals surface area contributed by atoms with Crippen LogP contribution in [0.1, 0.15) is 11.6 Å². The molecule has 1 rings (SSSR count). The van der Waals surface area contributed by atoms with E-state index in [-0.39, 0.29) is 5.82 Å². The Bertz CT molecular complexity index is 343. The maximum absolute atomic E-state index is 12.8. The summed E-state index contributed by atoms with van der Waals surface area (Å²) in [7, 11) is 0. The van der Waals surface area contributed by atoms with Crippen molar-refractivity contribution in [3.8, 4) is 12.3 Å². The van der Waals surface area contributed by atoms with Crippen LogP contribution in [0.3, 0.4) is 0 Å². The van der Waals surface area contributed by atoms with Gasteiger partial charge in [0, 0.05) is 11.3 Å². The van der Waals surface area contributed by atoms with E-state index in [1.54, 1.807) is 0 Å². The van der Waals surface area contributed by atoms with E-state index in [1.807, 2.05) is 0 Å². The van der Waals surface area contributed by atoms with Gasteiger partial charge in [0.05, 0.1) is 0 Å². The Morgan fingerprint density at radius 1 is 1.54 bits per heavy atom. The van der Waals surface area contributed by atoms with Crippen LogP contribution in [0.2, 0.25) is 0 Å². The number of hydrogen-bond donors (Lipinski definition) is 3. The molecule has 0 aromatic heterocycles. The summed E-state index contributed by atoms with van der Waals surface area (Å²) in [6, 6.07) is 3.42. The monoisotopic (exact) mass is 179 g/mol. The fraction of sp³-hybridized carbons (Fsp3) is 0.111. The quantitative estimate of drug-likeness (QED) is 0.269. The van der Waals surface area contributed by atoms with E-state index in [4.69, 9.17) is 18.0 Å². The molecule has 0 saturated heterocycles. The summed E-state index contributed by atoms with van der Waals surface area (Å²) in [6.07, 6.45) is 5.16. The minimum absolute atomic E-state index is 0.389. The van der Waals surface area contributed by atoms with Crippen molar-refractivity contribution in [3.63, 3.8) is 0 Å². The van der Waals surface area contributed by atoms with Crippen molar-refractivity contribution in [2.24, 2.45) is 5.84 Å². The summed E-state index contributed by atoms with van der Waals surface area (Å²) in [6.45, 7) is 0. The number of nitrogens with one attached hydrogen (secondary N) is 1. The smallest absolute Gasteiger partial charge is 0.123 e. The van der Waals surface area contributed by atoms with Crippen molar-refractivity contribution in [3.05, 3.63) is 29.6 Å². The van der Waals surface area contributed by atoms with Crippen LogP contribution in [0.4, 0.5) is 10.1 Å². The van der Waals surface area contributed by atoms with Gasteiger partial charge in [-0.05, 0) is 18.2 Å². The van der Waals surface area contributed by atoms with E-state index in [9.17, 15) is 4.39 Å². The molecule has 0 spiro atoms. The molecule has 3 nitrogen and oxygen atoms in total. The number of benzene rings is 1. The highest BCUT2D eigenvalue weighted by Gasteiger charge is 2.10. The van der Waals surface area contributed by atoms with Crippen LogP contribution in [-0.2, 0) is 0 Å². The first-order chi connectivity index (χ1) is 6.19. The van der Waals surface area contributed by atoms with Crippen LogP contribution in [0.25, 0.3) is 0 Å². The molecule has 4 heteroatoms. The minimum Gasteiger partial charge on any atom is -0.398 e. The van der Waals surface area contributed by atoms with E-state index >= 15 is 0 Å². The third-order valence-corrected chi connectivity index (χ3v) is 1.69. The van der Waals surface area contributed by atoms with Gasteiger partial charge in [-0.3, -0.25) is 5.84 Å². The highest BCUT2D eigenvalue weighted by Crippen LogP contribution is 2.20. The van der Waals surface area contributed by atoms with Crippen molar-refractivity contribution in [2.45, 2.75) is 6.04 Å². The van der Waals surface area contributed by atoms with Gasteiger partial charge in [-0.25, -0.2) is 9.82 Å².